The monoisotopic (exact) mass is 428 g/mol. The predicted molar refractivity (Wildman–Crippen MR) is 121 cm³/mol. The second-order valence-corrected chi connectivity index (χ2v) is 8.73. The molecule has 0 spiro atoms. The average molecular weight is 429 g/mol. The summed E-state index contributed by atoms with van der Waals surface area (Å²) in [6.07, 6.45) is 8.05. The number of halogens is 1. The molecule has 1 aromatic heterocycles. The number of hydrogen-bond donors (Lipinski definition) is 1. The summed E-state index contributed by atoms with van der Waals surface area (Å²) in [5.74, 6) is -0.172. The molecule has 1 aliphatic heterocycles. The van der Waals surface area contributed by atoms with Crippen LogP contribution in [0.2, 0.25) is 0 Å². The lowest BCUT2D eigenvalue weighted by molar-refractivity contribution is -0.132. The standard InChI is InChI=1S/C24H29FN2O2S/c1-2-3-6-15-26-24(29)18-13-16-27(17-14-18)23(28)12-10-19-9-11-22(30-19)20-7-4-5-8-21(20)25/h4-5,7-12,18H,2-3,6,13-17H2,1H3,(H,26,29). The highest BCUT2D eigenvalue weighted by Crippen LogP contribution is 2.30. The van der Waals surface area contributed by atoms with Crippen molar-refractivity contribution in [3.05, 3.63) is 53.2 Å². The van der Waals surface area contributed by atoms with Crippen molar-refractivity contribution in [1.82, 2.24) is 10.2 Å². The minimum Gasteiger partial charge on any atom is -0.356 e. The Kier molecular flexibility index (Phi) is 8.20. The van der Waals surface area contributed by atoms with E-state index in [9.17, 15) is 14.0 Å². The van der Waals surface area contributed by atoms with E-state index in [2.05, 4.69) is 12.2 Å². The van der Waals surface area contributed by atoms with Crippen molar-refractivity contribution in [3.63, 3.8) is 0 Å². The molecule has 6 heteroatoms. The highest BCUT2D eigenvalue weighted by Gasteiger charge is 2.26. The van der Waals surface area contributed by atoms with Crippen LogP contribution in [-0.2, 0) is 9.59 Å². The van der Waals surface area contributed by atoms with E-state index in [-0.39, 0.29) is 23.5 Å². The molecule has 4 nitrogen and oxygen atoms in total. The Morgan fingerprint density at radius 2 is 1.93 bits per heavy atom. The lowest BCUT2D eigenvalue weighted by atomic mass is 9.95. The first-order valence-corrected chi connectivity index (χ1v) is 11.5. The van der Waals surface area contributed by atoms with Gasteiger partial charge in [-0.05, 0) is 43.5 Å². The predicted octanol–water partition coefficient (Wildman–Crippen LogP) is 5.11. The smallest absolute Gasteiger partial charge is 0.246 e. The van der Waals surface area contributed by atoms with E-state index in [4.69, 9.17) is 0 Å². The summed E-state index contributed by atoms with van der Waals surface area (Å²) in [6, 6.07) is 10.5. The van der Waals surface area contributed by atoms with Crippen LogP contribution < -0.4 is 5.32 Å². The van der Waals surface area contributed by atoms with E-state index < -0.39 is 0 Å². The number of carbonyl (C=O) groups is 2. The van der Waals surface area contributed by atoms with Gasteiger partial charge in [-0.1, -0.05) is 38.0 Å². The molecule has 0 bridgehead atoms. The van der Waals surface area contributed by atoms with Crippen LogP contribution >= 0.6 is 11.3 Å². The summed E-state index contributed by atoms with van der Waals surface area (Å²) in [4.78, 5) is 28.3. The number of thiophene rings is 1. The first kappa shape index (κ1) is 22.2. The van der Waals surface area contributed by atoms with Crippen LogP contribution in [0.25, 0.3) is 16.5 Å². The number of unbranched alkanes of at least 4 members (excludes halogenated alkanes) is 2. The summed E-state index contributed by atoms with van der Waals surface area (Å²) in [5, 5.41) is 3.02. The molecule has 1 N–H and O–H groups in total. The quantitative estimate of drug-likeness (QED) is 0.469. The topological polar surface area (TPSA) is 49.4 Å². The van der Waals surface area contributed by atoms with E-state index >= 15 is 0 Å². The van der Waals surface area contributed by atoms with E-state index in [1.54, 1.807) is 29.2 Å². The van der Waals surface area contributed by atoms with Crippen LogP contribution in [0.3, 0.4) is 0 Å². The normalized spacial score (nSPS) is 14.9. The number of nitrogens with zero attached hydrogens (tertiary/aromatic N) is 1. The fourth-order valence-corrected chi connectivity index (χ4v) is 4.54. The maximum atomic E-state index is 13.9. The molecule has 160 valence electrons. The number of piperidine rings is 1. The Balaban J connectivity index is 1.47. The lowest BCUT2D eigenvalue weighted by Gasteiger charge is -2.30. The summed E-state index contributed by atoms with van der Waals surface area (Å²) in [6.45, 7) is 4.08. The van der Waals surface area contributed by atoms with Crippen molar-refractivity contribution in [2.24, 2.45) is 5.92 Å². The van der Waals surface area contributed by atoms with E-state index in [1.165, 1.54) is 17.4 Å². The van der Waals surface area contributed by atoms with Crippen molar-refractivity contribution >= 4 is 29.2 Å². The van der Waals surface area contributed by atoms with Crippen molar-refractivity contribution in [2.45, 2.75) is 39.0 Å². The van der Waals surface area contributed by atoms with Crippen LogP contribution in [0.4, 0.5) is 4.39 Å². The molecule has 3 rings (SSSR count). The van der Waals surface area contributed by atoms with Gasteiger partial charge in [0.25, 0.3) is 0 Å². The largest absolute Gasteiger partial charge is 0.356 e. The molecule has 1 fully saturated rings. The zero-order valence-corrected chi connectivity index (χ0v) is 18.2. The molecule has 1 saturated heterocycles. The molecular formula is C24H29FN2O2S. The van der Waals surface area contributed by atoms with Gasteiger partial charge in [-0.15, -0.1) is 11.3 Å². The highest BCUT2D eigenvalue weighted by atomic mass is 32.1. The van der Waals surface area contributed by atoms with E-state index in [0.717, 1.165) is 35.6 Å². The van der Waals surface area contributed by atoms with Gasteiger partial charge in [-0.25, -0.2) is 4.39 Å². The Morgan fingerprint density at radius 1 is 1.17 bits per heavy atom. The number of likely N-dealkylation sites (tertiary alicyclic amines) is 1. The van der Waals surface area contributed by atoms with Gasteiger partial charge < -0.3 is 10.2 Å². The lowest BCUT2D eigenvalue weighted by Crippen LogP contribution is -2.42. The summed E-state index contributed by atoms with van der Waals surface area (Å²) < 4.78 is 13.9. The molecule has 1 aliphatic rings. The summed E-state index contributed by atoms with van der Waals surface area (Å²) in [7, 11) is 0. The van der Waals surface area contributed by atoms with Gasteiger partial charge in [0.1, 0.15) is 5.82 Å². The third-order valence-electron chi connectivity index (χ3n) is 5.41. The molecule has 1 aromatic carbocycles. The Hall–Kier alpha value is -2.47. The highest BCUT2D eigenvalue weighted by molar-refractivity contribution is 7.16. The SMILES string of the molecule is CCCCCNC(=O)C1CCN(C(=O)C=Cc2ccc(-c3ccccc3F)s2)CC1. The van der Waals surface area contributed by atoms with Crippen LogP contribution in [0.5, 0.6) is 0 Å². The van der Waals surface area contributed by atoms with E-state index in [1.807, 2.05) is 18.2 Å². The average Bonchev–Trinajstić information content (AvgIpc) is 3.24. The molecule has 0 atom stereocenters. The fourth-order valence-electron chi connectivity index (χ4n) is 3.60. The Bertz CT molecular complexity index is 885. The fraction of sp³-hybridized carbons (Fsp3) is 0.417. The molecule has 0 radical (unpaired) electrons. The van der Waals surface area contributed by atoms with Crippen molar-refractivity contribution in [2.75, 3.05) is 19.6 Å². The zero-order chi connectivity index (χ0) is 21.3. The second kappa shape index (κ2) is 11.1. The number of benzene rings is 1. The molecule has 2 aromatic rings. The summed E-state index contributed by atoms with van der Waals surface area (Å²) in [5.41, 5.74) is 0.573. The third kappa shape index (κ3) is 6.02. The van der Waals surface area contributed by atoms with Crippen LogP contribution in [-0.4, -0.2) is 36.3 Å². The molecule has 0 unspecified atom stereocenters. The number of nitrogens with one attached hydrogen (secondary N) is 1. The zero-order valence-electron chi connectivity index (χ0n) is 17.4. The van der Waals surface area contributed by atoms with Crippen LogP contribution in [0.15, 0.2) is 42.5 Å². The van der Waals surface area contributed by atoms with Gasteiger partial charge >= 0.3 is 0 Å². The molecule has 0 aliphatic carbocycles. The number of carbonyl (C=O) groups excluding carboxylic acids is 2. The van der Waals surface area contributed by atoms with Crippen molar-refractivity contribution in [3.8, 4) is 10.4 Å². The Morgan fingerprint density at radius 3 is 2.67 bits per heavy atom. The second-order valence-electron chi connectivity index (χ2n) is 7.61. The van der Waals surface area contributed by atoms with Crippen LogP contribution in [0.1, 0.15) is 43.9 Å². The first-order chi connectivity index (χ1) is 14.6. The van der Waals surface area contributed by atoms with Gasteiger partial charge in [-0.2, -0.15) is 0 Å². The maximum absolute atomic E-state index is 13.9. The molecule has 30 heavy (non-hydrogen) atoms. The minimum absolute atomic E-state index is 0.000258. The number of amides is 2. The molecular weight excluding hydrogens is 399 g/mol. The first-order valence-electron chi connectivity index (χ1n) is 10.7. The van der Waals surface area contributed by atoms with Crippen molar-refractivity contribution < 1.29 is 14.0 Å². The molecule has 2 heterocycles. The van der Waals surface area contributed by atoms with Gasteiger partial charge in [0.2, 0.25) is 11.8 Å². The molecule has 2 amide bonds. The van der Waals surface area contributed by atoms with Gasteiger partial charge in [0.05, 0.1) is 0 Å². The summed E-state index contributed by atoms with van der Waals surface area (Å²) >= 11 is 1.45. The number of rotatable bonds is 8. The van der Waals surface area contributed by atoms with Crippen molar-refractivity contribution in [1.29, 1.82) is 0 Å². The Labute approximate surface area is 181 Å². The molecule has 0 saturated carbocycles. The van der Waals surface area contributed by atoms with Gasteiger partial charge in [-0.3, -0.25) is 9.59 Å². The maximum Gasteiger partial charge on any atom is 0.246 e. The van der Waals surface area contributed by atoms with Crippen LogP contribution in [0, 0.1) is 11.7 Å². The number of hydrogen-bond acceptors (Lipinski definition) is 3. The third-order valence-corrected chi connectivity index (χ3v) is 6.50. The minimum atomic E-state index is -0.247. The van der Waals surface area contributed by atoms with Gasteiger partial charge in [0.15, 0.2) is 0 Å². The van der Waals surface area contributed by atoms with Gasteiger partial charge in [0, 0.05) is 46.9 Å². The van der Waals surface area contributed by atoms with E-state index in [0.29, 0.717) is 31.5 Å².